The fourth-order valence-electron chi connectivity index (χ4n) is 2.81. The Morgan fingerprint density at radius 2 is 1.96 bits per heavy atom. The molecule has 23 heavy (non-hydrogen) atoms. The van der Waals surface area contributed by atoms with Crippen LogP contribution in [0.5, 0.6) is 0 Å². The summed E-state index contributed by atoms with van der Waals surface area (Å²) < 4.78 is 15.3. The summed E-state index contributed by atoms with van der Waals surface area (Å²) in [5.41, 5.74) is 5.78. The minimum absolute atomic E-state index is 0.187. The van der Waals surface area contributed by atoms with E-state index in [2.05, 4.69) is 40.2 Å². The fraction of sp³-hybridized carbons (Fsp3) is 0.278. The number of benzene rings is 1. The molecule has 5 heteroatoms. The molecule has 2 aromatic heterocycles. The molecule has 0 atom stereocenters. The van der Waals surface area contributed by atoms with Gasteiger partial charge in [0, 0.05) is 35.9 Å². The summed E-state index contributed by atoms with van der Waals surface area (Å²) in [6.07, 6.45) is 0.884. The van der Waals surface area contributed by atoms with Gasteiger partial charge in [-0.25, -0.2) is 9.37 Å². The molecule has 0 aliphatic carbocycles. The van der Waals surface area contributed by atoms with Crippen molar-refractivity contribution < 1.29 is 4.39 Å². The van der Waals surface area contributed by atoms with Crippen LogP contribution in [-0.2, 0) is 13.0 Å². The van der Waals surface area contributed by atoms with E-state index < -0.39 is 0 Å². The van der Waals surface area contributed by atoms with Gasteiger partial charge in [0.15, 0.2) is 5.13 Å². The van der Waals surface area contributed by atoms with Crippen molar-refractivity contribution >= 4 is 16.5 Å². The summed E-state index contributed by atoms with van der Waals surface area (Å²) in [6, 6.07) is 8.93. The first kappa shape index (κ1) is 15.7. The third-order valence-corrected chi connectivity index (χ3v) is 4.96. The minimum atomic E-state index is -0.187. The molecular weight excluding hydrogens is 309 g/mol. The highest BCUT2D eigenvalue weighted by atomic mass is 32.1. The maximum Gasteiger partial charge on any atom is 0.182 e. The molecule has 0 fully saturated rings. The Morgan fingerprint density at radius 3 is 2.61 bits per heavy atom. The molecular formula is C18H20FN3S. The number of nitrogens with zero attached hydrogens (tertiary/aromatic N) is 2. The van der Waals surface area contributed by atoms with E-state index in [-0.39, 0.29) is 5.82 Å². The molecule has 0 spiro atoms. The predicted molar refractivity (Wildman–Crippen MR) is 94.7 cm³/mol. The Morgan fingerprint density at radius 1 is 1.22 bits per heavy atom. The highest BCUT2D eigenvalue weighted by molar-refractivity contribution is 7.14. The number of anilines is 1. The van der Waals surface area contributed by atoms with Gasteiger partial charge in [-0.2, -0.15) is 0 Å². The molecule has 0 bridgehead atoms. The average molecular weight is 329 g/mol. The topological polar surface area (TPSA) is 29.9 Å². The van der Waals surface area contributed by atoms with Crippen LogP contribution in [-0.4, -0.2) is 16.6 Å². The predicted octanol–water partition coefficient (Wildman–Crippen LogP) is 4.65. The zero-order valence-corrected chi connectivity index (χ0v) is 14.4. The van der Waals surface area contributed by atoms with Crippen molar-refractivity contribution in [2.75, 3.05) is 12.4 Å². The van der Waals surface area contributed by atoms with Crippen molar-refractivity contribution in [3.8, 4) is 11.3 Å². The Hall–Kier alpha value is -2.14. The first-order valence-corrected chi connectivity index (χ1v) is 8.51. The minimum Gasteiger partial charge on any atom is -0.365 e. The summed E-state index contributed by atoms with van der Waals surface area (Å²) in [5.74, 6) is -0.187. The lowest BCUT2D eigenvalue weighted by Gasteiger charge is -2.10. The maximum absolute atomic E-state index is 13.0. The number of aromatic nitrogens is 2. The summed E-state index contributed by atoms with van der Waals surface area (Å²) in [6.45, 7) is 5.13. The molecule has 2 heterocycles. The van der Waals surface area contributed by atoms with E-state index in [1.165, 1.54) is 29.1 Å². The van der Waals surface area contributed by atoms with Crippen LogP contribution in [0.2, 0.25) is 0 Å². The summed E-state index contributed by atoms with van der Waals surface area (Å²) >= 11 is 1.61. The van der Waals surface area contributed by atoms with Gasteiger partial charge in [-0.15, -0.1) is 11.3 Å². The van der Waals surface area contributed by atoms with Crippen LogP contribution in [0, 0.1) is 19.7 Å². The van der Waals surface area contributed by atoms with Crippen molar-refractivity contribution in [2.45, 2.75) is 26.8 Å². The molecule has 0 aliphatic heterocycles. The van der Waals surface area contributed by atoms with Crippen molar-refractivity contribution in [1.82, 2.24) is 9.55 Å². The molecule has 0 aliphatic rings. The average Bonchev–Trinajstić information content (AvgIpc) is 3.12. The van der Waals surface area contributed by atoms with Crippen molar-refractivity contribution in [2.24, 2.45) is 0 Å². The van der Waals surface area contributed by atoms with E-state index in [1.807, 2.05) is 19.2 Å². The van der Waals surface area contributed by atoms with Crippen LogP contribution in [0.25, 0.3) is 11.3 Å². The van der Waals surface area contributed by atoms with E-state index in [0.717, 1.165) is 29.4 Å². The first-order valence-electron chi connectivity index (χ1n) is 7.63. The third-order valence-electron chi connectivity index (χ3n) is 4.10. The zero-order chi connectivity index (χ0) is 16.4. The molecule has 3 rings (SSSR count). The number of nitrogens with one attached hydrogen (secondary N) is 1. The number of rotatable bonds is 5. The number of hydrogen-bond acceptors (Lipinski definition) is 3. The normalized spacial score (nSPS) is 11.0. The van der Waals surface area contributed by atoms with Gasteiger partial charge >= 0.3 is 0 Å². The van der Waals surface area contributed by atoms with Crippen LogP contribution in [0.1, 0.15) is 17.0 Å². The lowest BCUT2D eigenvalue weighted by Crippen LogP contribution is -2.05. The fourth-order valence-corrected chi connectivity index (χ4v) is 3.48. The molecule has 0 saturated carbocycles. The second kappa shape index (κ2) is 6.54. The van der Waals surface area contributed by atoms with Crippen LogP contribution >= 0.6 is 11.3 Å². The van der Waals surface area contributed by atoms with E-state index in [1.54, 1.807) is 11.3 Å². The molecule has 0 unspecified atom stereocenters. The van der Waals surface area contributed by atoms with Gasteiger partial charge in [0.05, 0.1) is 5.69 Å². The number of halogens is 1. The molecule has 1 N–H and O–H groups in total. The largest absolute Gasteiger partial charge is 0.365 e. The molecule has 0 amide bonds. The van der Waals surface area contributed by atoms with E-state index in [0.29, 0.717) is 0 Å². The Labute approximate surface area is 139 Å². The number of aryl methyl sites for hydroxylation is 2. The monoisotopic (exact) mass is 329 g/mol. The summed E-state index contributed by atoms with van der Waals surface area (Å²) in [7, 11) is 1.88. The van der Waals surface area contributed by atoms with Gasteiger partial charge in [0.25, 0.3) is 0 Å². The maximum atomic E-state index is 13.0. The van der Waals surface area contributed by atoms with Gasteiger partial charge in [-0.05, 0) is 44.0 Å². The zero-order valence-electron chi connectivity index (χ0n) is 13.6. The highest BCUT2D eigenvalue weighted by Crippen LogP contribution is 2.29. The number of hydrogen-bond donors (Lipinski definition) is 1. The van der Waals surface area contributed by atoms with E-state index in [4.69, 9.17) is 0 Å². The van der Waals surface area contributed by atoms with Gasteiger partial charge in [-0.1, -0.05) is 12.1 Å². The van der Waals surface area contributed by atoms with E-state index >= 15 is 0 Å². The SMILES string of the molecule is CNc1nc(-c2cc(C)n(CCc3ccc(F)cc3)c2C)cs1. The van der Waals surface area contributed by atoms with Crippen LogP contribution in [0.4, 0.5) is 9.52 Å². The molecule has 120 valence electrons. The second-order valence-electron chi connectivity index (χ2n) is 5.60. The summed E-state index contributed by atoms with van der Waals surface area (Å²) in [5, 5.41) is 6.09. The standard InChI is InChI=1S/C18H20FN3S/c1-12-10-16(17-11-23-18(20-3)21-17)13(2)22(12)9-8-14-4-6-15(19)7-5-14/h4-7,10-11H,8-9H2,1-3H3,(H,20,21). The van der Waals surface area contributed by atoms with Gasteiger partial charge < -0.3 is 9.88 Å². The van der Waals surface area contributed by atoms with Gasteiger partial charge in [0.2, 0.25) is 0 Å². The number of thiazole rings is 1. The molecule has 1 aromatic carbocycles. The lowest BCUT2D eigenvalue weighted by molar-refractivity contribution is 0.624. The quantitative estimate of drug-likeness (QED) is 0.738. The lowest BCUT2D eigenvalue weighted by atomic mass is 10.1. The highest BCUT2D eigenvalue weighted by Gasteiger charge is 2.13. The van der Waals surface area contributed by atoms with Gasteiger partial charge in [0.1, 0.15) is 5.82 Å². The molecule has 3 aromatic rings. The van der Waals surface area contributed by atoms with E-state index in [9.17, 15) is 4.39 Å². The molecule has 0 radical (unpaired) electrons. The summed E-state index contributed by atoms with van der Waals surface area (Å²) in [4.78, 5) is 4.59. The van der Waals surface area contributed by atoms with Crippen LogP contribution < -0.4 is 5.32 Å². The third kappa shape index (κ3) is 3.29. The van der Waals surface area contributed by atoms with Crippen LogP contribution in [0.15, 0.2) is 35.7 Å². The first-order chi connectivity index (χ1) is 11.1. The second-order valence-corrected chi connectivity index (χ2v) is 6.46. The van der Waals surface area contributed by atoms with Gasteiger partial charge in [-0.3, -0.25) is 0 Å². The molecule has 3 nitrogen and oxygen atoms in total. The Bertz CT molecular complexity index is 802. The van der Waals surface area contributed by atoms with Crippen molar-refractivity contribution in [3.05, 3.63) is 58.5 Å². The van der Waals surface area contributed by atoms with Crippen molar-refractivity contribution in [3.63, 3.8) is 0 Å². The smallest absolute Gasteiger partial charge is 0.182 e. The molecule has 0 saturated heterocycles. The van der Waals surface area contributed by atoms with Crippen LogP contribution in [0.3, 0.4) is 0 Å². The Balaban J connectivity index is 1.81. The Kier molecular flexibility index (Phi) is 4.48. The van der Waals surface area contributed by atoms with Crippen molar-refractivity contribution in [1.29, 1.82) is 0 Å².